The average molecular weight is 467 g/mol. The molecule has 3 aromatic rings. The second-order valence-electron chi connectivity index (χ2n) is 9.86. The molecule has 1 N–H and O–H groups in total. The highest BCUT2D eigenvalue weighted by molar-refractivity contribution is 5.94. The predicted octanol–water partition coefficient (Wildman–Crippen LogP) is 4.96. The summed E-state index contributed by atoms with van der Waals surface area (Å²) in [4.78, 5) is 27.8. The molecule has 2 saturated heterocycles. The minimum Gasteiger partial charge on any atom is -0.463 e. The Morgan fingerprint density at radius 2 is 1.94 bits per heavy atom. The first-order valence-electron chi connectivity index (χ1n) is 12.0. The Bertz CT molecular complexity index is 1150. The van der Waals surface area contributed by atoms with Gasteiger partial charge in [-0.1, -0.05) is 0 Å². The molecule has 0 spiro atoms. The smallest absolute Gasteiger partial charge is 0.253 e. The van der Waals surface area contributed by atoms with Crippen molar-refractivity contribution in [1.82, 2.24) is 19.9 Å². The summed E-state index contributed by atoms with van der Waals surface area (Å²) in [5.74, 6) is 2.08. The highest BCUT2D eigenvalue weighted by Gasteiger charge is 2.32. The molecule has 1 amide bonds. The Morgan fingerprint density at radius 1 is 1.18 bits per heavy atom. The maximum Gasteiger partial charge on any atom is 0.253 e. The number of alkyl halides is 1. The summed E-state index contributed by atoms with van der Waals surface area (Å²) >= 11 is 0. The maximum absolute atomic E-state index is 12.9. The third kappa shape index (κ3) is 4.64. The van der Waals surface area contributed by atoms with Crippen LogP contribution in [0, 0.1) is 0 Å². The highest BCUT2D eigenvalue weighted by Crippen LogP contribution is 2.37. The Morgan fingerprint density at radius 3 is 2.65 bits per heavy atom. The topological polar surface area (TPSA) is 80.3 Å². The van der Waals surface area contributed by atoms with Gasteiger partial charge in [0.2, 0.25) is 6.86 Å². The summed E-state index contributed by atoms with van der Waals surface area (Å²) in [6.07, 6.45) is 5.50. The zero-order valence-corrected chi connectivity index (χ0v) is 19.7. The average Bonchev–Trinajstić information content (AvgIpc) is 3.29. The van der Waals surface area contributed by atoms with Crippen LogP contribution in [0.3, 0.4) is 0 Å². The van der Waals surface area contributed by atoms with Crippen molar-refractivity contribution in [2.45, 2.75) is 57.0 Å². The fourth-order valence-electron chi connectivity index (χ4n) is 5.27. The van der Waals surface area contributed by atoms with Crippen molar-refractivity contribution in [2.75, 3.05) is 26.6 Å². The number of H-pyrrole nitrogens is 1. The normalized spacial score (nSPS) is 21.0. The quantitative estimate of drug-likeness (QED) is 0.575. The number of ether oxygens (including phenoxy) is 2. The van der Waals surface area contributed by atoms with Crippen LogP contribution in [0.15, 0.2) is 36.5 Å². The number of fused-ring (bicyclic) bond motifs is 1. The summed E-state index contributed by atoms with van der Waals surface area (Å²) in [7, 11) is 0. The fourth-order valence-corrected chi connectivity index (χ4v) is 5.27. The van der Waals surface area contributed by atoms with E-state index in [0.29, 0.717) is 36.2 Å². The molecule has 2 aliphatic rings. The predicted molar refractivity (Wildman–Crippen MR) is 127 cm³/mol. The zero-order valence-electron chi connectivity index (χ0n) is 19.7. The molecular weight excluding hydrogens is 435 g/mol. The molecule has 4 heterocycles. The van der Waals surface area contributed by atoms with Gasteiger partial charge in [-0.2, -0.15) is 0 Å². The molecule has 0 bridgehead atoms. The molecule has 34 heavy (non-hydrogen) atoms. The van der Waals surface area contributed by atoms with Crippen LogP contribution in [0.4, 0.5) is 4.39 Å². The van der Waals surface area contributed by atoms with Gasteiger partial charge in [-0.3, -0.25) is 4.79 Å². The number of hydrogen-bond donors (Lipinski definition) is 1. The molecule has 7 nitrogen and oxygen atoms in total. The summed E-state index contributed by atoms with van der Waals surface area (Å²) < 4.78 is 23.0. The monoisotopic (exact) mass is 466 g/mol. The first-order chi connectivity index (χ1) is 16.4. The number of benzene rings is 1. The largest absolute Gasteiger partial charge is 0.463 e. The van der Waals surface area contributed by atoms with Crippen molar-refractivity contribution in [3.05, 3.63) is 53.5 Å². The van der Waals surface area contributed by atoms with E-state index in [1.165, 1.54) is 5.56 Å². The number of nitrogens with zero attached hydrogens (tertiary/aromatic N) is 3. The molecule has 8 heteroatoms. The Kier molecular flexibility index (Phi) is 6.25. The maximum atomic E-state index is 12.9. The molecule has 180 valence electrons. The number of piperidine rings is 1. The van der Waals surface area contributed by atoms with Crippen molar-refractivity contribution >= 4 is 17.1 Å². The molecule has 1 atom stereocenters. The second-order valence-corrected chi connectivity index (χ2v) is 9.86. The number of nitrogens with one attached hydrogen (secondary N) is 1. The van der Waals surface area contributed by atoms with Crippen LogP contribution in [0.2, 0.25) is 0 Å². The molecular formula is C26H31FN4O3. The Labute approximate surface area is 198 Å². The van der Waals surface area contributed by atoms with Crippen molar-refractivity contribution in [3.63, 3.8) is 0 Å². The second kappa shape index (κ2) is 9.33. The van der Waals surface area contributed by atoms with Gasteiger partial charge in [0.15, 0.2) is 5.65 Å². The summed E-state index contributed by atoms with van der Waals surface area (Å²) in [5.41, 5.74) is 3.45. The van der Waals surface area contributed by atoms with Crippen molar-refractivity contribution in [3.8, 4) is 5.75 Å². The van der Waals surface area contributed by atoms with E-state index in [-0.39, 0.29) is 11.5 Å². The zero-order chi connectivity index (χ0) is 23.7. The first kappa shape index (κ1) is 22.8. The molecule has 2 aromatic heterocycles. The van der Waals surface area contributed by atoms with Crippen molar-refractivity contribution in [2.24, 2.45) is 0 Å². The van der Waals surface area contributed by atoms with E-state index < -0.39 is 6.86 Å². The van der Waals surface area contributed by atoms with E-state index in [1.54, 1.807) is 24.3 Å². The van der Waals surface area contributed by atoms with Gasteiger partial charge in [-0.05, 0) is 81.3 Å². The van der Waals surface area contributed by atoms with E-state index in [2.05, 4.69) is 29.9 Å². The molecule has 2 fully saturated rings. The summed E-state index contributed by atoms with van der Waals surface area (Å²) in [6, 6.07) is 8.71. The van der Waals surface area contributed by atoms with Crippen LogP contribution in [0.5, 0.6) is 5.75 Å². The van der Waals surface area contributed by atoms with Gasteiger partial charge in [0.1, 0.15) is 17.1 Å². The number of amides is 1. The Hall–Kier alpha value is -3.00. The van der Waals surface area contributed by atoms with Crippen molar-refractivity contribution in [1.29, 1.82) is 0 Å². The van der Waals surface area contributed by atoms with Crippen LogP contribution in [0.1, 0.15) is 73.1 Å². The fraction of sp³-hybridized carbons (Fsp3) is 0.500. The molecule has 2 aliphatic heterocycles. The number of pyridine rings is 1. The van der Waals surface area contributed by atoms with E-state index in [9.17, 15) is 9.18 Å². The van der Waals surface area contributed by atoms with Crippen LogP contribution < -0.4 is 4.74 Å². The summed E-state index contributed by atoms with van der Waals surface area (Å²) in [5, 5.41) is 0. The lowest BCUT2D eigenvalue weighted by Crippen LogP contribution is -2.37. The number of carbonyl (C=O) groups is 1. The molecule has 1 aromatic carbocycles. The number of carbonyl (C=O) groups excluding carboxylic acids is 1. The standard InChI is InChI=1S/C26H31FN4O3/c1-26(2)15-19(10-14-34-26)23-29-22-21(7-11-28-24(22)30-23)17-8-12-31(13-9-17)25(32)18-3-5-20(6-4-18)33-16-27/h3-7,11,17,19H,8-10,12-16H2,1-2H3,(H,28,29,30). The number of halogens is 1. The highest BCUT2D eigenvalue weighted by atomic mass is 19.1. The molecule has 0 saturated carbocycles. The lowest BCUT2D eigenvalue weighted by Gasteiger charge is -2.34. The first-order valence-corrected chi connectivity index (χ1v) is 12.0. The molecule has 0 aliphatic carbocycles. The number of rotatable bonds is 5. The number of imidazole rings is 1. The van der Waals surface area contributed by atoms with Gasteiger partial charge < -0.3 is 19.4 Å². The molecule has 1 unspecified atom stereocenters. The van der Waals surface area contributed by atoms with Gasteiger partial charge in [0.05, 0.1) is 5.60 Å². The summed E-state index contributed by atoms with van der Waals surface area (Å²) in [6.45, 7) is 5.49. The molecule has 5 rings (SSSR count). The van der Waals surface area contributed by atoms with Gasteiger partial charge in [-0.25, -0.2) is 14.4 Å². The lowest BCUT2D eigenvalue weighted by atomic mass is 9.88. The third-order valence-corrected chi connectivity index (χ3v) is 7.06. The van der Waals surface area contributed by atoms with E-state index >= 15 is 0 Å². The van der Waals surface area contributed by atoms with E-state index in [0.717, 1.165) is 49.3 Å². The minimum atomic E-state index is -0.881. The Balaban J connectivity index is 1.28. The van der Waals surface area contributed by atoms with E-state index in [4.69, 9.17) is 14.5 Å². The van der Waals surface area contributed by atoms with Crippen LogP contribution >= 0.6 is 0 Å². The number of likely N-dealkylation sites (tertiary alicyclic amines) is 1. The van der Waals surface area contributed by atoms with Gasteiger partial charge in [0, 0.05) is 37.4 Å². The number of aromatic amines is 1. The van der Waals surface area contributed by atoms with Crippen LogP contribution in [-0.2, 0) is 4.74 Å². The van der Waals surface area contributed by atoms with E-state index in [1.807, 2.05) is 11.1 Å². The molecule has 0 radical (unpaired) electrons. The third-order valence-electron chi connectivity index (χ3n) is 7.06. The van der Waals surface area contributed by atoms with Crippen LogP contribution in [-0.4, -0.2) is 57.9 Å². The van der Waals surface area contributed by atoms with Crippen molar-refractivity contribution < 1.29 is 18.7 Å². The van der Waals surface area contributed by atoms with Gasteiger partial charge in [-0.15, -0.1) is 0 Å². The lowest BCUT2D eigenvalue weighted by molar-refractivity contribution is -0.0602. The van der Waals surface area contributed by atoms with Gasteiger partial charge in [0.25, 0.3) is 5.91 Å². The van der Waals surface area contributed by atoms with Gasteiger partial charge >= 0.3 is 0 Å². The SMILES string of the molecule is CC1(C)CC(c2nc3c(C4CCN(C(=O)c5ccc(OCF)cc5)CC4)ccnc3[nH]2)CCO1. The minimum absolute atomic E-state index is 0.00527. The van der Waals surface area contributed by atoms with Crippen LogP contribution in [0.25, 0.3) is 11.2 Å². The number of aromatic nitrogens is 3. The number of hydrogen-bond acceptors (Lipinski definition) is 5.